The Labute approximate surface area is 113 Å². The van der Waals surface area contributed by atoms with Gasteiger partial charge in [0.05, 0.1) is 18.3 Å². The zero-order valence-corrected chi connectivity index (χ0v) is 11.4. The smallest absolute Gasteiger partial charge is 0.324 e. The van der Waals surface area contributed by atoms with Crippen molar-refractivity contribution in [2.45, 2.75) is 25.9 Å². The van der Waals surface area contributed by atoms with Gasteiger partial charge in [-0.05, 0) is 25.5 Å². The van der Waals surface area contributed by atoms with E-state index in [1.807, 2.05) is 43.0 Å². The van der Waals surface area contributed by atoms with Gasteiger partial charge in [0, 0.05) is 19.1 Å². The van der Waals surface area contributed by atoms with E-state index in [1.165, 1.54) is 0 Å². The molecule has 0 aromatic heterocycles. The van der Waals surface area contributed by atoms with Gasteiger partial charge in [-0.2, -0.15) is 0 Å². The van der Waals surface area contributed by atoms with Crippen LogP contribution in [0.15, 0.2) is 24.3 Å². The molecule has 0 bridgehead atoms. The molecule has 1 aromatic carbocycles. The van der Waals surface area contributed by atoms with E-state index in [0.717, 1.165) is 17.8 Å². The predicted molar refractivity (Wildman–Crippen MR) is 75.0 cm³/mol. The quantitative estimate of drug-likeness (QED) is 0.861. The van der Waals surface area contributed by atoms with Crippen molar-refractivity contribution in [2.24, 2.45) is 5.73 Å². The molecule has 0 aliphatic carbocycles. The van der Waals surface area contributed by atoms with Gasteiger partial charge in [0.25, 0.3) is 0 Å². The van der Waals surface area contributed by atoms with Gasteiger partial charge in [0.2, 0.25) is 0 Å². The molecule has 5 heteroatoms. The molecule has 104 valence electrons. The van der Waals surface area contributed by atoms with E-state index in [1.54, 1.807) is 4.90 Å². The van der Waals surface area contributed by atoms with Crippen LogP contribution >= 0.6 is 0 Å². The second-order valence-corrected chi connectivity index (χ2v) is 5.07. The van der Waals surface area contributed by atoms with Gasteiger partial charge >= 0.3 is 6.03 Å². The van der Waals surface area contributed by atoms with Crippen molar-refractivity contribution in [2.75, 3.05) is 24.6 Å². The molecule has 0 saturated carbocycles. The third-order valence-electron chi connectivity index (χ3n) is 3.49. The third kappa shape index (κ3) is 2.57. The molecule has 1 heterocycles. The predicted octanol–water partition coefficient (Wildman–Crippen LogP) is 1.33. The molecule has 5 nitrogen and oxygen atoms in total. The van der Waals surface area contributed by atoms with E-state index in [0.29, 0.717) is 6.54 Å². The average molecular weight is 263 g/mol. The Kier molecular flexibility index (Phi) is 4.07. The standard InChI is InChI=1S/C14H21N3O2/c1-10(2)16-7-8-17(14(16)19)13-6-4-3-5-11(13)12(15)9-18/h3-6,10,12,18H,7-9,15H2,1-2H3. The Bertz CT molecular complexity index is 462. The topological polar surface area (TPSA) is 69.8 Å². The first-order valence-corrected chi connectivity index (χ1v) is 6.59. The fourth-order valence-electron chi connectivity index (χ4n) is 2.40. The van der Waals surface area contributed by atoms with Crippen molar-refractivity contribution in [3.8, 4) is 0 Å². The molecule has 2 rings (SSSR count). The summed E-state index contributed by atoms with van der Waals surface area (Å²) < 4.78 is 0. The van der Waals surface area contributed by atoms with E-state index < -0.39 is 6.04 Å². The number of amides is 2. The number of anilines is 1. The lowest BCUT2D eigenvalue weighted by atomic mass is 10.1. The third-order valence-corrected chi connectivity index (χ3v) is 3.49. The summed E-state index contributed by atoms with van der Waals surface area (Å²) in [6.45, 7) is 5.26. The summed E-state index contributed by atoms with van der Waals surface area (Å²) in [6, 6.07) is 7.23. The number of aliphatic hydroxyl groups is 1. The lowest BCUT2D eigenvalue weighted by Gasteiger charge is -2.24. The lowest BCUT2D eigenvalue weighted by molar-refractivity contribution is 0.209. The number of nitrogens with zero attached hydrogens (tertiary/aromatic N) is 2. The van der Waals surface area contributed by atoms with Crippen molar-refractivity contribution in [3.05, 3.63) is 29.8 Å². The van der Waals surface area contributed by atoms with Crippen molar-refractivity contribution in [1.82, 2.24) is 4.90 Å². The van der Waals surface area contributed by atoms with Crippen LogP contribution in [0.25, 0.3) is 0 Å². The lowest BCUT2D eigenvalue weighted by Crippen LogP contribution is -2.36. The normalized spacial score (nSPS) is 17.4. The average Bonchev–Trinajstić information content (AvgIpc) is 2.79. The first-order chi connectivity index (χ1) is 9.06. The summed E-state index contributed by atoms with van der Waals surface area (Å²) in [5, 5.41) is 9.22. The minimum absolute atomic E-state index is 0.00703. The Morgan fingerprint density at radius 2 is 2.00 bits per heavy atom. The molecule has 1 unspecified atom stereocenters. The van der Waals surface area contributed by atoms with Crippen LogP contribution in [-0.4, -0.2) is 41.8 Å². The van der Waals surface area contributed by atoms with Gasteiger partial charge in [-0.3, -0.25) is 4.90 Å². The van der Waals surface area contributed by atoms with E-state index in [9.17, 15) is 9.90 Å². The number of carbonyl (C=O) groups excluding carboxylic acids is 1. The number of rotatable bonds is 4. The highest BCUT2D eigenvalue weighted by Gasteiger charge is 2.32. The summed E-state index contributed by atoms with van der Waals surface area (Å²) in [5.41, 5.74) is 7.51. The van der Waals surface area contributed by atoms with Crippen LogP contribution in [-0.2, 0) is 0 Å². The van der Waals surface area contributed by atoms with Crippen LogP contribution in [0, 0.1) is 0 Å². The molecule has 1 aliphatic rings. The Balaban J connectivity index is 2.31. The fourth-order valence-corrected chi connectivity index (χ4v) is 2.40. The van der Waals surface area contributed by atoms with E-state index in [2.05, 4.69) is 0 Å². The number of aliphatic hydroxyl groups excluding tert-OH is 1. The summed E-state index contributed by atoms with van der Waals surface area (Å²) >= 11 is 0. The molecular weight excluding hydrogens is 242 g/mol. The zero-order chi connectivity index (χ0) is 14.0. The van der Waals surface area contributed by atoms with Crippen LogP contribution in [0.2, 0.25) is 0 Å². The molecule has 1 fully saturated rings. The molecule has 0 radical (unpaired) electrons. The van der Waals surface area contributed by atoms with Gasteiger partial charge in [0.15, 0.2) is 0 Å². The van der Waals surface area contributed by atoms with Crippen molar-refractivity contribution in [1.29, 1.82) is 0 Å². The zero-order valence-electron chi connectivity index (χ0n) is 11.4. The van der Waals surface area contributed by atoms with Crippen molar-refractivity contribution >= 4 is 11.7 Å². The van der Waals surface area contributed by atoms with Gasteiger partial charge in [-0.15, -0.1) is 0 Å². The molecule has 1 atom stereocenters. The number of urea groups is 1. The van der Waals surface area contributed by atoms with Crippen molar-refractivity contribution < 1.29 is 9.90 Å². The number of nitrogens with two attached hydrogens (primary N) is 1. The molecule has 1 aliphatic heterocycles. The summed E-state index contributed by atoms with van der Waals surface area (Å²) in [6.07, 6.45) is 0. The SMILES string of the molecule is CC(C)N1CCN(c2ccccc2C(N)CO)C1=O. The number of hydrogen-bond acceptors (Lipinski definition) is 3. The Morgan fingerprint density at radius 1 is 1.32 bits per heavy atom. The monoisotopic (exact) mass is 263 g/mol. The molecule has 2 amide bonds. The van der Waals surface area contributed by atoms with Crippen LogP contribution in [0.5, 0.6) is 0 Å². The number of hydrogen-bond donors (Lipinski definition) is 2. The largest absolute Gasteiger partial charge is 0.394 e. The summed E-state index contributed by atoms with van der Waals surface area (Å²) in [4.78, 5) is 15.9. The van der Waals surface area contributed by atoms with E-state index in [4.69, 9.17) is 5.73 Å². The van der Waals surface area contributed by atoms with Gasteiger partial charge in [0.1, 0.15) is 0 Å². The highest BCUT2D eigenvalue weighted by atomic mass is 16.3. The molecule has 19 heavy (non-hydrogen) atoms. The van der Waals surface area contributed by atoms with Gasteiger partial charge in [-0.1, -0.05) is 18.2 Å². The number of para-hydroxylation sites is 1. The van der Waals surface area contributed by atoms with Gasteiger partial charge < -0.3 is 15.7 Å². The second kappa shape index (κ2) is 5.59. The molecule has 0 spiro atoms. The Morgan fingerprint density at radius 3 is 2.58 bits per heavy atom. The number of carbonyl (C=O) groups is 1. The summed E-state index contributed by atoms with van der Waals surface area (Å²) in [5.74, 6) is 0. The van der Waals surface area contributed by atoms with Gasteiger partial charge in [-0.25, -0.2) is 4.79 Å². The molecule has 1 aromatic rings. The fraction of sp³-hybridized carbons (Fsp3) is 0.500. The first-order valence-electron chi connectivity index (χ1n) is 6.59. The molecule has 1 saturated heterocycles. The van der Waals surface area contributed by atoms with Crippen LogP contribution < -0.4 is 10.6 Å². The van der Waals surface area contributed by atoms with Crippen LogP contribution in [0.3, 0.4) is 0 Å². The highest BCUT2D eigenvalue weighted by molar-refractivity contribution is 5.95. The minimum Gasteiger partial charge on any atom is -0.394 e. The summed E-state index contributed by atoms with van der Waals surface area (Å²) in [7, 11) is 0. The first kappa shape index (κ1) is 13.8. The van der Waals surface area contributed by atoms with Crippen LogP contribution in [0.1, 0.15) is 25.5 Å². The maximum absolute atomic E-state index is 12.4. The van der Waals surface area contributed by atoms with Crippen molar-refractivity contribution in [3.63, 3.8) is 0 Å². The van der Waals surface area contributed by atoms with Crippen LogP contribution in [0.4, 0.5) is 10.5 Å². The highest BCUT2D eigenvalue weighted by Crippen LogP contribution is 2.28. The number of benzene rings is 1. The minimum atomic E-state index is -0.461. The maximum atomic E-state index is 12.4. The second-order valence-electron chi connectivity index (χ2n) is 5.07. The van der Waals surface area contributed by atoms with E-state index in [-0.39, 0.29) is 18.7 Å². The maximum Gasteiger partial charge on any atom is 0.324 e. The molecule has 3 N–H and O–H groups in total. The molecular formula is C14H21N3O2. The van der Waals surface area contributed by atoms with E-state index >= 15 is 0 Å². The Hall–Kier alpha value is -1.59.